The molecule has 0 fully saturated rings. The summed E-state index contributed by atoms with van der Waals surface area (Å²) in [5, 5.41) is 0. The Morgan fingerprint density at radius 3 is 2.18 bits per heavy atom. The summed E-state index contributed by atoms with van der Waals surface area (Å²) in [6.07, 6.45) is 1.59. The second-order valence-electron chi connectivity index (χ2n) is 5.64. The minimum atomic E-state index is -0.550. The lowest BCUT2D eigenvalue weighted by Gasteiger charge is -2.12. The highest BCUT2D eigenvalue weighted by atomic mass is 79.9. The Balaban J connectivity index is 2.00. The number of hydrogen-bond acceptors (Lipinski definition) is 7. The van der Waals surface area contributed by atoms with Crippen molar-refractivity contribution >= 4 is 33.9 Å². The molecular weight excluding hydrogens is 430 g/mol. The number of carbonyl (C=O) groups is 1. The monoisotopic (exact) mass is 447 g/mol. The van der Waals surface area contributed by atoms with Crippen LogP contribution in [-0.2, 0) is 9.53 Å². The van der Waals surface area contributed by atoms with Gasteiger partial charge in [0, 0.05) is 4.47 Å². The van der Waals surface area contributed by atoms with Gasteiger partial charge in [0.25, 0.3) is 0 Å². The summed E-state index contributed by atoms with van der Waals surface area (Å²) in [5.74, 6) is 1.75. The molecule has 0 aliphatic carbocycles. The number of carbonyl (C=O) groups excluding carboxylic acids is 1. The zero-order valence-corrected chi connectivity index (χ0v) is 17.3. The van der Waals surface area contributed by atoms with Crippen molar-refractivity contribution in [3.8, 4) is 23.0 Å². The van der Waals surface area contributed by atoms with E-state index in [1.54, 1.807) is 43.5 Å². The van der Waals surface area contributed by atoms with Crippen LogP contribution in [0.2, 0.25) is 0 Å². The second kappa shape index (κ2) is 8.35. The van der Waals surface area contributed by atoms with Crippen molar-refractivity contribution in [3.63, 3.8) is 0 Å². The highest BCUT2D eigenvalue weighted by Gasteiger charge is 2.26. The van der Waals surface area contributed by atoms with Gasteiger partial charge in [-0.05, 0) is 57.9 Å². The van der Waals surface area contributed by atoms with E-state index < -0.39 is 5.97 Å². The fourth-order valence-corrected chi connectivity index (χ4v) is 3.19. The Bertz CT molecular complexity index is 958. The first-order chi connectivity index (χ1) is 13.5. The Morgan fingerprint density at radius 1 is 0.964 bits per heavy atom. The van der Waals surface area contributed by atoms with Crippen molar-refractivity contribution in [3.05, 3.63) is 51.6 Å². The van der Waals surface area contributed by atoms with E-state index >= 15 is 0 Å². The fourth-order valence-electron chi connectivity index (χ4n) is 2.66. The third-order valence-corrected chi connectivity index (χ3v) is 4.67. The van der Waals surface area contributed by atoms with E-state index in [4.69, 9.17) is 23.7 Å². The maximum Gasteiger partial charge on any atom is 0.363 e. The van der Waals surface area contributed by atoms with Gasteiger partial charge in [-0.25, -0.2) is 9.79 Å². The van der Waals surface area contributed by atoms with E-state index in [1.165, 1.54) is 21.3 Å². The van der Waals surface area contributed by atoms with E-state index in [1.807, 2.05) is 0 Å². The summed E-state index contributed by atoms with van der Waals surface area (Å²) in [7, 11) is 6.15. The van der Waals surface area contributed by atoms with Gasteiger partial charge in [0.05, 0.1) is 34.0 Å². The minimum Gasteiger partial charge on any atom is -0.497 e. The highest BCUT2D eigenvalue weighted by molar-refractivity contribution is 9.10. The molecule has 2 aromatic rings. The Kier molecular flexibility index (Phi) is 5.89. The predicted octanol–water partition coefficient (Wildman–Crippen LogP) is 3.83. The number of halogens is 1. The number of methoxy groups -OCH3 is 4. The van der Waals surface area contributed by atoms with Gasteiger partial charge in [-0.1, -0.05) is 0 Å². The Labute approximate surface area is 170 Å². The maximum atomic E-state index is 12.3. The summed E-state index contributed by atoms with van der Waals surface area (Å²) < 4.78 is 27.2. The van der Waals surface area contributed by atoms with Crippen molar-refractivity contribution in [1.82, 2.24) is 0 Å². The van der Waals surface area contributed by atoms with E-state index in [2.05, 4.69) is 20.9 Å². The molecule has 0 unspecified atom stereocenters. The Morgan fingerprint density at radius 2 is 1.64 bits per heavy atom. The van der Waals surface area contributed by atoms with Crippen molar-refractivity contribution in [2.45, 2.75) is 0 Å². The normalized spacial score (nSPS) is 14.5. The van der Waals surface area contributed by atoms with Gasteiger partial charge in [0.15, 0.2) is 17.2 Å². The zero-order valence-electron chi connectivity index (χ0n) is 15.7. The summed E-state index contributed by atoms with van der Waals surface area (Å²) in [5.41, 5.74) is 1.45. The summed E-state index contributed by atoms with van der Waals surface area (Å²) in [6.45, 7) is 0. The molecule has 0 N–H and O–H groups in total. The van der Waals surface area contributed by atoms with Crippen LogP contribution in [0.5, 0.6) is 23.0 Å². The fraction of sp³-hybridized carbons (Fsp3) is 0.200. The molecule has 0 aromatic heterocycles. The number of ether oxygens (including phenoxy) is 5. The van der Waals surface area contributed by atoms with Gasteiger partial charge >= 0.3 is 5.97 Å². The first-order valence-electron chi connectivity index (χ1n) is 8.17. The quantitative estimate of drug-likeness (QED) is 0.494. The standard InChI is InChI=1S/C20H18BrNO6/c1-24-12-5-6-13(14(21)10-12)19-22-15(20(23)28-19)7-11-8-16(25-2)18(27-4)17(9-11)26-3/h5-10H,1-4H3. The molecule has 28 heavy (non-hydrogen) atoms. The van der Waals surface area contributed by atoms with Crippen LogP contribution in [-0.4, -0.2) is 40.3 Å². The molecule has 2 aromatic carbocycles. The van der Waals surface area contributed by atoms with Crippen LogP contribution in [0.4, 0.5) is 0 Å². The molecular formula is C20H18BrNO6. The lowest BCUT2D eigenvalue weighted by Crippen LogP contribution is -2.06. The Hall–Kier alpha value is -3.00. The molecule has 0 saturated carbocycles. The summed E-state index contributed by atoms with van der Waals surface area (Å²) >= 11 is 3.44. The molecule has 0 amide bonds. The van der Waals surface area contributed by atoms with Crippen LogP contribution in [0.3, 0.4) is 0 Å². The first kappa shape index (κ1) is 19.8. The highest BCUT2D eigenvalue weighted by Crippen LogP contribution is 2.39. The SMILES string of the molecule is COc1ccc(C2=NC(=Cc3cc(OC)c(OC)c(OC)c3)C(=O)O2)c(Br)c1. The van der Waals surface area contributed by atoms with Crippen molar-refractivity contribution in [1.29, 1.82) is 0 Å². The molecule has 0 bridgehead atoms. The van der Waals surface area contributed by atoms with Crippen molar-refractivity contribution in [2.75, 3.05) is 28.4 Å². The van der Waals surface area contributed by atoms with Crippen molar-refractivity contribution in [2.24, 2.45) is 4.99 Å². The molecule has 7 nitrogen and oxygen atoms in total. The molecule has 1 aliphatic heterocycles. The zero-order chi connectivity index (χ0) is 20.3. The first-order valence-corrected chi connectivity index (χ1v) is 8.96. The van der Waals surface area contributed by atoms with Crippen molar-refractivity contribution < 1.29 is 28.5 Å². The van der Waals surface area contributed by atoms with Crippen LogP contribution < -0.4 is 18.9 Å². The van der Waals surface area contributed by atoms with Gasteiger partial charge < -0.3 is 23.7 Å². The molecule has 0 saturated heterocycles. The lowest BCUT2D eigenvalue weighted by atomic mass is 10.1. The van der Waals surface area contributed by atoms with Crippen LogP contribution in [0.1, 0.15) is 11.1 Å². The smallest absolute Gasteiger partial charge is 0.363 e. The topological polar surface area (TPSA) is 75.6 Å². The van der Waals surface area contributed by atoms with Crippen LogP contribution in [0.25, 0.3) is 6.08 Å². The predicted molar refractivity (Wildman–Crippen MR) is 107 cm³/mol. The van der Waals surface area contributed by atoms with E-state index in [9.17, 15) is 4.79 Å². The van der Waals surface area contributed by atoms with E-state index in [0.717, 1.165) is 0 Å². The van der Waals surface area contributed by atoms with Crippen LogP contribution in [0.15, 0.2) is 45.5 Å². The molecule has 0 spiro atoms. The molecule has 1 heterocycles. The number of rotatable bonds is 6. The number of aliphatic imine (C=N–C) groups is 1. The molecule has 8 heteroatoms. The average Bonchev–Trinajstić information content (AvgIpc) is 3.06. The van der Waals surface area contributed by atoms with Gasteiger partial charge in [0.2, 0.25) is 11.6 Å². The van der Waals surface area contributed by atoms with Crippen LogP contribution in [0, 0.1) is 0 Å². The molecule has 3 rings (SSSR count). The van der Waals surface area contributed by atoms with Gasteiger partial charge in [-0.2, -0.15) is 0 Å². The lowest BCUT2D eigenvalue weighted by molar-refractivity contribution is -0.129. The molecule has 1 aliphatic rings. The minimum absolute atomic E-state index is 0.159. The largest absolute Gasteiger partial charge is 0.497 e. The number of nitrogens with zero attached hydrogens (tertiary/aromatic N) is 1. The number of hydrogen-bond donors (Lipinski definition) is 0. The second-order valence-corrected chi connectivity index (χ2v) is 6.49. The van der Waals surface area contributed by atoms with Crippen LogP contribution >= 0.6 is 15.9 Å². The maximum absolute atomic E-state index is 12.3. The number of benzene rings is 2. The van der Waals surface area contributed by atoms with Gasteiger partial charge in [-0.3, -0.25) is 0 Å². The van der Waals surface area contributed by atoms with Gasteiger partial charge in [0.1, 0.15) is 5.75 Å². The third-order valence-electron chi connectivity index (χ3n) is 4.02. The number of esters is 1. The summed E-state index contributed by atoms with van der Waals surface area (Å²) in [6, 6.07) is 8.73. The molecule has 0 atom stereocenters. The summed E-state index contributed by atoms with van der Waals surface area (Å²) in [4.78, 5) is 16.6. The van der Waals surface area contributed by atoms with E-state index in [0.29, 0.717) is 38.6 Å². The van der Waals surface area contributed by atoms with Gasteiger partial charge in [-0.15, -0.1) is 0 Å². The molecule has 146 valence electrons. The third kappa shape index (κ3) is 3.82. The average molecular weight is 448 g/mol. The number of cyclic esters (lactones) is 1. The van der Waals surface area contributed by atoms with E-state index in [-0.39, 0.29) is 11.6 Å². The molecule has 0 radical (unpaired) electrons.